The number of anilines is 2. The highest BCUT2D eigenvalue weighted by atomic mass is 35.5. The SMILES string of the molecule is O=C(NCc1ccc(C(F)(F)F)cc1)c1cccc2c1OCCN2c1ncccc1Cl. The largest absolute Gasteiger partial charge is 0.489 e. The highest BCUT2D eigenvalue weighted by Crippen LogP contribution is 2.40. The highest BCUT2D eigenvalue weighted by molar-refractivity contribution is 6.33. The number of fused-ring (bicyclic) bond motifs is 1. The average molecular weight is 448 g/mol. The Morgan fingerprint density at radius 1 is 1.13 bits per heavy atom. The Labute approximate surface area is 181 Å². The van der Waals surface area contributed by atoms with Gasteiger partial charge in [-0.1, -0.05) is 29.8 Å². The normalized spacial score (nSPS) is 13.4. The van der Waals surface area contributed by atoms with Gasteiger partial charge in [-0.3, -0.25) is 4.79 Å². The number of amides is 1. The van der Waals surface area contributed by atoms with Crippen LogP contribution in [0.2, 0.25) is 5.02 Å². The molecule has 1 amide bonds. The molecule has 2 heterocycles. The van der Waals surface area contributed by atoms with Gasteiger partial charge in [0.25, 0.3) is 5.91 Å². The van der Waals surface area contributed by atoms with Gasteiger partial charge >= 0.3 is 6.18 Å². The highest BCUT2D eigenvalue weighted by Gasteiger charge is 2.30. The van der Waals surface area contributed by atoms with E-state index in [0.717, 1.165) is 12.1 Å². The second-order valence-corrected chi connectivity index (χ2v) is 7.25. The van der Waals surface area contributed by atoms with Crippen LogP contribution in [0.3, 0.4) is 0 Å². The molecule has 0 aliphatic carbocycles. The van der Waals surface area contributed by atoms with Gasteiger partial charge in [-0.25, -0.2) is 4.98 Å². The van der Waals surface area contributed by atoms with Crippen molar-refractivity contribution in [2.75, 3.05) is 18.1 Å². The van der Waals surface area contributed by atoms with E-state index in [1.807, 2.05) is 11.0 Å². The Hall–Kier alpha value is -3.26. The van der Waals surface area contributed by atoms with Crippen LogP contribution in [-0.2, 0) is 12.7 Å². The number of ether oxygens (including phenoxy) is 1. The van der Waals surface area contributed by atoms with Crippen molar-refractivity contribution in [3.05, 3.63) is 82.5 Å². The topological polar surface area (TPSA) is 54.5 Å². The number of aromatic nitrogens is 1. The molecule has 0 radical (unpaired) electrons. The lowest BCUT2D eigenvalue weighted by molar-refractivity contribution is -0.137. The number of carbonyl (C=O) groups excluding carboxylic acids is 1. The van der Waals surface area contributed by atoms with Crippen LogP contribution in [0, 0.1) is 0 Å². The summed E-state index contributed by atoms with van der Waals surface area (Å²) in [6.07, 6.45) is -2.76. The monoisotopic (exact) mass is 447 g/mol. The number of halogens is 4. The number of benzene rings is 2. The van der Waals surface area contributed by atoms with Crippen molar-refractivity contribution < 1.29 is 22.7 Å². The first-order valence-corrected chi connectivity index (χ1v) is 9.80. The summed E-state index contributed by atoms with van der Waals surface area (Å²) in [7, 11) is 0. The van der Waals surface area contributed by atoms with Crippen molar-refractivity contribution in [1.82, 2.24) is 10.3 Å². The zero-order valence-electron chi connectivity index (χ0n) is 16.1. The summed E-state index contributed by atoms with van der Waals surface area (Å²) in [6.45, 7) is 0.930. The van der Waals surface area contributed by atoms with Crippen molar-refractivity contribution in [2.45, 2.75) is 12.7 Å². The van der Waals surface area contributed by atoms with Crippen molar-refractivity contribution >= 4 is 29.0 Å². The second kappa shape index (κ2) is 8.47. The number of nitrogens with zero attached hydrogens (tertiary/aromatic N) is 2. The number of hydrogen-bond donors (Lipinski definition) is 1. The molecule has 1 aliphatic heterocycles. The van der Waals surface area contributed by atoms with Gasteiger partial charge in [0, 0.05) is 12.7 Å². The third-order valence-electron chi connectivity index (χ3n) is 4.82. The molecular formula is C22H17ClF3N3O2. The fourth-order valence-corrected chi connectivity index (χ4v) is 3.54. The number of hydrogen-bond acceptors (Lipinski definition) is 4. The number of rotatable bonds is 4. The summed E-state index contributed by atoms with van der Waals surface area (Å²) in [5, 5.41) is 3.21. The smallest absolute Gasteiger partial charge is 0.416 e. The van der Waals surface area contributed by atoms with Crippen LogP contribution >= 0.6 is 11.6 Å². The van der Waals surface area contributed by atoms with E-state index in [-0.39, 0.29) is 6.54 Å². The maximum absolute atomic E-state index is 12.8. The van der Waals surface area contributed by atoms with Gasteiger partial charge in [0.05, 0.1) is 28.4 Å². The Kier molecular flexibility index (Phi) is 5.73. The standard InChI is InChI=1S/C22H17ClF3N3O2/c23-17-4-2-10-27-20(17)29-11-12-31-19-16(3-1-5-18(19)29)21(30)28-13-14-6-8-15(9-7-14)22(24,25)26/h1-10H,11-13H2,(H,28,30). The molecule has 0 spiro atoms. The lowest BCUT2D eigenvalue weighted by Gasteiger charge is -2.31. The quantitative estimate of drug-likeness (QED) is 0.596. The molecule has 0 atom stereocenters. The van der Waals surface area contributed by atoms with Crippen molar-refractivity contribution in [2.24, 2.45) is 0 Å². The molecule has 1 aliphatic rings. The molecular weight excluding hydrogens is 431 g/mol. The minimum Gasteiger partial charge on any atom is -0.489 e. The molecule has 0 saturated carbocycles. The molecule has 31 heavy (non-hydrogen) atoms. The molecule has 1 aromatic heterocycles. The molecule has 160 valence electrons. The Balaban J connectivity index is 1.54. The van der Waals surface area contributed by atoms with Crippen molar-refractivity contribution in [1.29, 1.82) is 0 Å². The van der Waals surface area contributed by atoms with E-state index in [9.17, 15) is 18.0 Å². The van der Waals surface area contributed by atoms with Gasteiger partial charge in [0.1, 0.15) is 6.61 Å². The van der Waals surface area contributed by atoms with Gasteiger partial charge in [-0.15, -0.1) is 0 Å². The predicted octanol–water partition coefficient (Wildman–Crippen LogP) is 5.21. The molecule has 0 bridgehead atoms. The summed E-state index contributed by atoms with van der Waals surface area (Å²) in [5.74, 6) is 0.571. The molecule has 5 nitrogen and oxygen atoms in total. The molecule has 0 unspecified atom stereocenters. The molecule has 4 rings (SSSR count). The summed E-state index contributed by atoms with van der Waals surface area (Å²) >= 11 is 6.29. The first kappa shape index (κ1) is 21.0. The molecule has 1 N–H and O–H groups in total. The van der Waals surface area contributed by atoms with E-state index in [1.165, 1.54) is 12.1 Å². The lowest BCUT2D eigenvalue weighted by atomic mass is 10.1. The zero-order chi connectivity index (χ0) is 22.0. The summed E-state index contributed by atoms with van der Waals surface area (Å²) in [4.78, 5) is 19.0. The fourth-order valence-electron chi connectivity index (χ4n) is 3.31. The number of pyridine rings is 1. The van der Waals surface area contributed by atoms with Gasteiger partial charge in [-0.2, -0.15) is 13.2 Å². The summed E-state index contributed by atoms with van der Waals surface area (Å²) in [5.41, 5.74) is 0.797. The van der Waals surface area contributed by atoms with Gasteiger partial charge in [-0.05, 0) is 42.0 Å². The van der Waals surface area contributed by atoms with Crippen LogP contribution in [0.15, 0.2) is 60.8 Å². The average Bonchev–Trinajstić information content (AvgIpc) is 2.77. The Bertz CT molecular complexity index is 1100. The van der Waals surface area contributed by atoms with Crippen LogP contribution in [0.4, 0.5) is 24.7 Å². The first-order chi connectivity index (χ1) is 14.8. The lowest BCUT2D eigenvalue weighted by Crippen LogP contribution is -2.31. The van der Waals surface area contributed by atoms with Gasteiger partial charge < -0.3 is 15.0 Å². The molecule has 2 aromatic carbocycles. The third kappa shape index (κ3) is 4.44. The Morgan fingerprint density at radius 3 is 2.61 bits per heavy atom. The van der Waals surface area contributed by atoms with E-state index >= 15 is 0 Å². The fraction of sp³-hybridized carbons (Fsp3) is 0.182. The van der Waals surface area contributed by atoms with E-state index in [0.29, 0.717) is 46.6 Å². The predicted molar refractivity (Wildman–Crippen MR) is 111 cm³/mol. The summed E-state index contributed by atoms with van der Waals surface area (Å²) in [6, 6.07) is 13.3. The second-order valence-electron chi connectivity index (χ2n) is 6.84. The maximum Gasteiger partial charge on any atom is 0.416 e. The molecule has 0 fully saturated rings. The van der Waals surface area contributed by atoms with Gasteiger partial charge in [0.2, 0.25) is 0 Å². The summed E-state index contributed by atoms with van der Waals surface area (Å²) < 4.78 is 43.9. The number of nitrogens with one attached hydrogen (secondary N) is 1. The van der Waals surface area contributed by atoms with Crippen LogP contribution in [0.25, 0.3) is 0 Å². The molecule has 0 saturated heterocycles. The van der Waals surface area contributed by atoms with Crippen molar-refractivity contribution in [3.8, 4) is 5.75 Å². The zero-order valence-corrected chi connectivity index (χ0v) is 16.9. The van der Waals surface area contributed by atoms with Gasteiger partial charge in [0.15, 0.2) is 11.6 Å². The van der Waals surface area contributed by atoms with Crippen LogP contribution in [-0.4, -0.2) is 24.0 Å². The Morgan fingerprint density at radius 2 is 1.90 bits per heavy atom. The van der Waals surface area contributed by atoms with Crippen LogP contribution in [0.1, 0.15) is 21.5 Å². The maximum atomic E-state index is 12.8. The first-order valence-electron chi connectivity index (χ1n) is 9.43. The molecule has 9 heteroatoms. The third-order valence-corrected chi connectivity index (χ3v) is 5.12. The minimum absolute atomic E-state index is 0.0798. The van der Waals surface area contributed by atoms with E-state index < -0.39 is 17.6 Å². The van der Waals surface area contributed by atoms with Crippen LogP contribution < -0.4 is 15.0 Å². The molecule has 3 aromatic rings. The van der Waals surface area contributed by atoms with Crippen LogP contribution in [0.5, 0.6) is 5.75 Å². The number of alkyl halides is 3. The van der Waals surface area contributed by atoms with Crippen molar-refractivity contribution in [3.63, 3.8) is 0 Å². The minimum atomic E-state index is -4.40. The van der Waals surface area contributed by atoms with E-state index in [2.05, 4.69) is 10.3 Å². The number of para-hydroxylation sites is 1. The van der Waals surface area contributed by atoms with E-state index in [4.69, 9.17) is 16.3 Å². The number of carbonyl (C=O) groups is 1. The van der Waals surface area contributed by atoms with E-state index in [1.54, 1.807) is 30.5 Å².